The van der Waals surface area contributed by atoms with Crippen molar-refractivity contribution >= 4 is 11.5 Å². The van der Waals surface area contributed by atoms with Gasteiger partial charge >= 0.3 is 0 Å². The van der Waals surface area contributed by atoms with E-state index in [1.165, 1.54) is 11.1 Å². The predicted octanol–water partition coefficient (Wildman–Crippen LogP) is 4.55. The van der Waals surface area contributed by atoms with Gasteiger partial charge in [-0.3, -0.25) is 4.79 Å². The highest BCUT2D eigenvalue weighted by atomic mass is 16.1. The van der Waals surface area contributed by atoms with Crippen molar-refractivity contribution in [2.24, 2.45) is 0 Å². The van der Waals surface area contributed by atoms with Gasteiger partial charge in [0.05, 0.1) is 6.04 Å². The number of nitrogens with one attached hydrogen (secondary N) is 1. The number of carbonyl (C=O) groups is 1. The maximum atomic E-state index is 12.2. The molecular formula is C18H19NO. The van der Waals surface area contributed by atoms with Crippen molar-refractivity contribution in [2.75, 3.05) is 5.32 Å². The van der Waals surface area contributed by atoms with Gasteiger partial charge < -0.3 is 5.32 Å². The van der Waals surface area contributed by atoms with Crippen LogP contribution in [0.3, 0.4) is 0 Å². The molecule has 0 saturated carbocycles. The summed E-state index contributed by atoms with van der Waals surface area (Å²) in [6.45, 7) is 4.38. The van der Waals surface area contributed by atoms with E-state index < -0.39 is 0 Å². The molecule has 3 rings (SSSR count). The Labute approximate surface area is 119 Å². The molecule has 2 heteroatoms. The summed E-state index contributed by atoms with van der Waals surface area (Å²) in [6, 6.07) is 16.4. The van der Waals surface area contributed by atoms with Gasteiger partial charge in [0.15, 0.2) is 5.78 Å². The molecule has 0 spiro atoms. The molecule has 0 saturated heterocycles. The second kappa shape index (κ2) is 5.12. The van der Waals surface area contributed by atoms with E-state index in [1.807, 2.05) is 24.3 Å². The van der Waals surface area contributed by atoms with Gasteiger partial charge in [0, 0.05) is 17.7 Å². The Morgan fingerprint density at radius 1 is 1.05 bits per heavy atom. The lowest BCUT2D eigenvalue weighted by Gasteiger charge is -2.26. The van der Waals surface area contributed by atoms with E-state index in [9.17, 15) is 4.79 Å². The number of benzene rings is 2. The lowest BCUT2D eigenvalue weighted by atomic mass is 9.91. The predicted molar refractivity (Wildman–Crippen MR) is 82.3 cm³/mol. The molecule has 1 N–H and O–H groups in total. The molecule has 2 aromatic carbocycles. The van der Waals surface area contributed by atoms with E-state index in [0.29, 0.717) is 12.3 Å². The zero-order valence-electron chi connectivity index (χ0n) is 11.9. The number of fused-ring (bicyclic) bond motifs is 1. The zero-order valence-corrected chi connectivity index (χ0v) is 11.9. The fourth-order valence-electron chi connectivity index (χ4n) is 2.70. The summed E-state index contributed by atoms with van der Waals surface area (Å²) in [5.41, 5.74) is 4.26. The SMILES string of the molecule is CC(C)c1ccc([C@@H]2CC(=O)c3ccccc3N2)cc1. The summed E-state index contributed by atoms with van der Waals surface area (Å²) in [5.74, 6) is 0.753. The maximum Gasteiger partial charge on any atom is 0.167 e. The Balaban J connectivity index is 1.88. The third-order valence-electron chi connectivity index (χ3n) is 3.95. The Hall–Kier alpha value is -2.09. The first kappa shape index (κ1) is 12.9. The van der Waals surface area contributed by atoms with Crippen LogP contribution in [-0.4, -0.2) is 5.78 Å². The number of para-hydroxylation sites is 1. The summed E-state index contributed by atoms with van der Waals surface area (Å²) < 4.78 is 0. The van der Waals surface area contributed by atoms with Crippen molar-refractivity contribution in [3.05, 3.63) is 65.2 Å². The Morgan fingerprint density at radius 3 is 2.45 bits per heavy atom. The fraction of sp³-hybridized carbons (Fsp3) is 0.278. The molecule has 0 unspecified atom stereocenters. The molecule has 1 aliphatic rings. The van der Waals surface area contributed by atoms with Gasteiger partial charge in [-0.15, -0.1) is 0 Å². The molecule has 1 aliphatic heterocycles. The molecule has 2 aromatic rings. The molecule has 0 aromatic heterocycles. The topological polar surface area (TPSA) is 29.1 Å². The van der Waals surface area contributed by atoms with Crippen LogP contribution in [0.5, 0.6) is 0 Å². The first-order chi connectivity index (χ1) is 9.65. The van der Waals surface area contributed by atoms with Crippen LogP contribution in [0.15, 0.2) is 48.5 Å². The van der Waals surface area contributed by atoms with Crippen LogP contribution in [0, 0.1) is 0 Å². The van der Waals surface area contributed by atoms with E-state index in [0.717, 1.165) is 11.3 Å². The standard InChI is InChI=1S/C18H19NO/c1-12(2)13-7-9-14(10-8-13)17-11-18(20)15-5-3-4-6-16(15)19-17/h3-10,12,17,19H,11H2,1-2H3/t17-/m0/s1. The number of ketones is 1. The Morgan fingerprint density at radius 2 is 1.75 bits per heavy atom. The molecule has 102 valence electrons. The maximum absolute atomic E-state index is 12.2. The van der Waals surface area contributed by atoms with Crippen LogP contribution in [0.25, 0.3) is 0 Å². The number of anilines is 1. The third-order valence-corrected chi connectivity index (χ3v) is 3.95. The Kier molecular flexibility index (Phi) is 3.31. The quantitative estimate of drug-likeness (QED) is 0.863. The molecule has 1 heterocycles. The molecule has 0 aliphatic carbocycles. The van der Waals surface area contributed by atoms with Crippen molar-refractivity contribution in [1.29, 1.82) is 0 Å². The number of Topliss-reactive ketones (excluding diaryl/α,β-unsaturated/α-hetero) is 1. The number of rotatable bonds is 2. The van der Waals surface area contributed by atoms with Gasteiger partial charge in [-0.05, 0) is 29.2 Å². The lowest BCUT2D eigenvalue weighted by Crippen LogP contribution is -2.22. The van der Waals surface area contributed by atoms with Gasteiger partial charge in [-0.25, -0.2) is 0 Å². The summed E-state index contributed by atoms with van der Waals surface area (Å²) in [7, 11) is 0. The van der Waals surface area contributed by atoms with E-state index in [-0.39, 0.29) is 11.8 Å². The van der Waals surface area contributed by atoms with Gasteiger partial charge in [0.1, 0.15) is 0 Å². The van der Waals surface area contributed by atoms with Crippen LogP contribution in [0.4, 0.5) is 5.69 Å². The van der Waals surface area contributed by atoms with Gasteiger partial charge in [-0.2, -0.15) is 0 Å². The highest BCUT2D eigenvalue weighted by molar-refractivity contribution is 6.03. The number of carbonyl (C=O) groups excluding carboxylic acids is 1. The molecule has 0 radical (unpaired) electrons. The van der Waals surface area contributed by atoms with E-state index >= 15 is 0 Å². The lowest BCUT2D eigenvalue weighted by molar-refractivity contribution is 0.0972. The minimum Gasteiger partial charge on any atom is -0.377 e. The summed E-state index contributed by atoms with van der Waals surface area (Å²) >= 11 is 0. The third kappa shape index (κ3) is 2.34. The first-order valence-corrected chi connectivity index (χ1v) is 7.14. The van der Waals surface area contributed by atoms with Crippen molar-refractivity contribution in [3.8, 4) is 0 Å². The number of hydrogen-bond donors (Lipinski definition) is 1. The highest BCUT2D eigenvalue weighted by Crippen LogP contribution is 2.32. The van der Waals surface area contributed by atoms with E-state index in [2.05, 4.69) is 43.4 Å². The van der Waals surface area contributed by atoms with Crippen molar-refractivity contribution < 1.29 is 4.79 Å². The highest BCUT2D eigenvalue weighted by Gasteiger charge is 2.24. The van der Waals surface area contributed by atoms with Gasteiger partial charge in [0.25, 0.3) is 0 Å². The van der Waals surface area contributed by atoms with Crippen molar-refractivity contribution in [1.82, 2.24) is 0 Å². The van der Waals surface area contributed by atoms with E-state index in [4.69, 9.17) is 0 Å². The molecule has 0 fully saturated rings. The van der Waals surface area contributed by atoms with Crippen LogP contribution in [0.1, 0.15) is 53.7 Å². The van der Waals surface area contributed by atoms with Gasteiger partial charge in [0.2, 0.25) is 0 Å². The summed E-state index contributed by atoms with van der Waals surface area (Å²) in [4.78, 5) is 12.2. The minimum absolute atomic E-state index is 0.0820. The van der Waals surface area contributed by atoms with E-state index in [1.54, 1.807) is 0 Å². The molecule has 2 nitrogen and oxygen atoms in total. The summed E-state index contributed by atoms with van der Waals surface area (Å²) in [5, 5.41) is 3.47. The largest absolute Gasteiger partial charge is 0.377 e. The van der Waals surface area contributed by atoms with Crippen molar-refractivity contribution in [3.63, 3.8) is 0 Å². The average Bonchev–Trinajstić information content (AvgIpc) is 2.47. The average molecular weight is 265 g/mol. The van der Waals surface area contributed by atoms with Crippen LogP contribution < -0.4 is 5.32 Å². The smallest absolute Gasteiger partial charge is 0.167 e. The van der Waals surface area contributed by atoms with Crippen LogP contribution in [0.2, 0.25) is 0 Å². The van der Waals surface area contributed by atoms with Gasteiger partial charge in [-0.1, -0.05) is 50.2 Å². The molecule has 0 amide bonds. The Bertz CT molecular complexity index is 628. The van der Waals surface area contributed by atoms with Crippen LogP contribution >= 0.6 is 0 Å². The molecular weight excluding hydrogens is 246 g/mol. The second-order valence-corrected chi connectivity index (χ2v) is 5.69. The zero-order chi connectivity index (χ0) is 14.1. The fourth-order valence-corrected chi connectivity index (χ4v) is 2.70. The minimum atomic E-state index is 0.0820. The number of hydrogen-bond acceptors (Lipinski definition) is 2. The second-order valence-electron chi connectivity index (χ2n) is 5.69. The van der Waals surface area contributed by atoms with Crippen molar-refractivity contribution in [2.45, 2.75) is 32.2 Å². The summed E-state index contributed by atoms with van der Waals surface area (Å²) in [6.07, 6.45) is 0.526. The molecule has 20 heavy (non-hydrogen) atoms. The monoisotopic (exact) mass is 265 g/mol. The normalized spacial score (nSPS) is 17.8. The molecule has 0 bridgehead atoms. The first-order valence-electron chi connectivity index (χ1n) is 7.14. The van der Waals surface area contributed by atoms with Crippen LogP contribution in [-0.2, 0) is 0 Å². The molecule has 1 atom stereocenters.